The van der Waals surface area contributed by atoms with E-state index in [1.54, 1.807) is 11.9 Å². The predicted molar refractivity (Wildman–Crippen MR) is 97.2 cm³/mol. The molecule has 134 valence electrons. The van der Waals surface area contributed by atoms with E-state index in [2.05, 4.69) is 13.8 Å². The lowest BCUT2D eigenvalue weighted by Gasteiger charge is -2.34. The number of fused-ring (bicyclic) bond motifs is 1. The molecule has 1 heterocycles. The fourth-order valence-electron chi connectivity index (χ4n) is 3.26. The molecule has 0 bridgehead atoms. The summed E-state index contributed by atoms with van der Waals surface area (Å²) >= 11 is 0. The van der Waals surface area contributed by atoms with Gasteiger partial charge in [-0.1, -0.05) is 13.8 Å². The molecule has 2 aliphatic rings. The molecule has 5 nitrogen and oxygen atoms in total. The second-order valence-corrected chi connectivity index (χ2v) is 7.43. The van der Waals surface area contributed by atoms with Crippen molar-refractivity contribution in [2.24, 2.45) is 11.1 Å². The SMILES string of the molecule is CN1C(=O)[C@@H](N)COc2ccc(OC3CCC(C)(C)CC3)cc21.Cl. The molecule has 2 N–H and O–H groups in total. The van der Waals surface area contributed by atoms with E-state index >= 15 is 0 Å². The second kappa shape index (κ2) is 7.19. The maximum atomic E-state index is 12.2. The van der Waals surface area contributed by atoms with Crippen molar-refractivity contribution in [3.63, 3.8) is 0 Å². The van der Waals surface area contributed by atoms with Crippen molar-refractivity contribution in [3.05, 3.63) is 18.2 Å². The van der Waals surface area contributed by atoms with Crippen LogP contribution in [0.4, 0.5) is 5.69 Å². The Labute approximate surface area is 149 Å². The van der Waals surface area contributed by atoms with Gasteiger partial charge >= 0.3 is 0 Å². The maximum Gasteiger partial charge on any atom is 0.247 e. The molecular formula is C18H27ClN2O3. The van der Waals surface area contributed by atoms with Crippen LogP contribution in [0.5, 0.6) is 11.5 Å². The highest BCUT2D eigenvalue weighted by molar-refractivity contribution is 5.98. The van der Waals surface area contributed by atoms with E-state index in [0.717, 1.165) is 24.3 Å². The van der Waals surface area contributed by atoms with Crippen molar-refractivity contribution in [2.45, 2.75) is 51.7 Å². The zero-order valence-electron chi connectivity index (χ0n) is 14.6. The van der Waals surface area contributed by atoms with Gasteiger partial charge in [0.25, 0.3) is 0 Å². The topological polar surface area (TPSA) is 64.8 Å². The Morgan fingerprint density at radius 3 is 2.62 bits per heavy atom. The van der Waals surface area contributed by atoms with Crippen LogP contribution in [0.2, 0.25) is 0 Å². The van der Waals surface area contributed by atoms with Crippen LogP contribution in [-0.4, -0.2) is 31.7 Å². The summed E-state index contributed by atoms with van der Waals surface area (Å²) < 4.78 is 11.8. The van der Waals surface area contributed by atoms with Crippen molar-refractivity contribution in [3.8, 4) is 11.5 Å². The minimum absolute atomic E-state index is 0. The first-order valence-corrected chi connectivity index (χ1v) is 8.32. The van der Waals surface area contributed by atoms with Gasteiger partial charge in [0.2, 0.25) is 5.91 Å². The van der Waals surface area contributed by atoms with Gasteiger partial charge < -0.3 is 20.1 Å². The number of nitrogens with zero attached hydrogens (tertiary/aromatic N) is 1. The van der Waals surface area contributed by atoms with Crippen molar-refractivity contribution < 1.29 is 14.3 Å². The molecule has 1 aromatic rings. The summed E-state index contributed by atoms with van der Waals surface area (Å²) in [6.07, 6.45) is 4.74. The van der Waals surface area contributed by atoms with Crippen molar-refractivity contribution in [1.82, 2.24) is 0 Å². The highest BCUT2D eigenvalue weighted by atomic mass is 35.5. The molecule has 0 aromatic heterocycles. The zero-order chi connectivity index (χ0) is 16.6. The van der Waals surface area contributed by atoms with Gasteiger partial charge in [-0.15, -0.1) is 12.4 Å². The Hall–Kier alpha value is -1.46. The number of benzene rings is 1. The summed E-state index contributed by atoms with van der Waals surface area (Å²) in [6.45, 7) is 4.83. The van der Waals surface area contributed by atoms with Crippen LogP contribution in [-0.2, 0) is 4.79 Å². The molecule has 0 saturated heterocycles. The third-order valence-electron chi connectivity index (χ3n) is 4.95. The number of carbonyl (C=O) groups is 1. The van der Waals surface area contributed by atoms with E-state index in [9.17, 15) is 4.79 Å². The molecule has 1 fully saturated rings. The molecule has 1 saturated carbocycles. The Balaban J connectivity index is 0.00000208. The van der Waals surface area contributed by atoms with Gasteiger partial charge in [0, 0.05) is 13.1 Å². The highest BCUT2D eigenvalue weighted by Gasteiger charge is 2.29. The number of hydrogen-bond donors (Lipinski definition) is 1. The molecule has 0 unspecified atom stereocenters. The Bertz CT molecular complexity index is 596. The second-order valence-electron chi connectivity index (χ2n) is 7.43. The van der Waals surface area contributed by atoms with Gasteiger partial charge in [0.15, 0.2) is 0 Å². The van der Waals surface area contributed by atoms with E-state index in [-0.39, 0.29) is 31.0 Å². The number of likely N-dealkylation sites (N-methyl/N-ethyl adjacent to an activating group) is 1. The molecule has 0 spiro atoms. The molecule has 1 aliphatic carbocycles. The minimum atomic E-state index is -0.627. The molecule has 6 heteroatoms. The molecule has 1 aromatic carbocycles. The van der Waals surface area contributed by atoms with Crippen molar-refractivity contribution in [1.29, 1.82) is 0 Å². The van der Waals surface area contributed by atoms with Crippen LogP contribution in [0.1, 0.15) is 39.5 Å². The average Bonchev–Trinajstić information content (AvgIpc) is 2.62. The molecule has 3 rings (SSSR count). The number of ether oxygens (including phenoxy) is 2. The summed E-state index contributed by atoms with van der Waals surface area (Å²) in [5.74, 6) is 1.32. The lowest BCUT2D eigenvalue weighted by atomic mass is 9.76. The fraction of sp³-hybridized carbons (Fsp3) is 0.611. The number of anilines is 1. The smallest absolute Gasteiger partial charge is 0.247 e. The first-order valence-electron chi connectivity index (χ1n) is 8.32. The number of nitrogens with two attached hydrogens (primary N) is 1. The molecule has 1 atom stereocenters. The van der Waals surface area contributed by atoms with Gasteiger partial charge in [0.05, 0.1) is 11.8 Å². The summed E-state index contributed by atoms with van der Waals surface area (Å²) in [5, 5.41) is 0. The van der Waals surface area contributed by atoms with Crippen LogP contribution in [0.15, 0.2) is 18.2 Å². The van der Waals surface area contributed by atoms with Crippen molar-refractivity contribution in [2.75, 3.05) is 18.6 Å². The summed E-state index contributed by atoms with van der Waals surface area (Å²) in [5.41, 5.74) is 6.95. The fourth-order valence-corrected chi connectivity index (χ4v) is 3.26. The number of carbonyl (C=O) groups excluding carboxylic acids is 1. The predicted octanol–water partition coefficient (Wildman–Crippen LogP) is 3.14. The van der Waals surface area contributed by atoms with Gasteiger partial charge in [-0.3, -0.25) is 4.79 Å². The highest BCUT2D eigenvalue weighted by Crippen LogP contribution is 2.38. The molecule has 24 heavy (non-hydrogen) atoms. The summed E-state index contributed by atoms with van der Waals surface area (Å²) in [7, 11) is 1.72. The summed E-state index contributed by atoms with van der Waals surface area (Å²) in [6, 6.07) is 5.02. The van der Waals surface area contributed by atoms with E-state index in [4.69, 9.17) is 15.2 Å². The number of rotatable bonds is 2. The quantitative estimate of drug-likeness (QED) is 0.886. The monoisotopic (exact) mass is 354 g/mol. The zero-order valence-corrected chi connectivity index (χ0v) is 15.4. The Morgan fingerprint density at radius 1 is 1.29 bits per heavy atom. The number of hydrogen-bond acceptors (Lipinski definition) is 4. The number of halogens is 1. The lowest BCUT2D eigenvalue weighted by molar-refractivity contribution is -0.119. The molecular weight excluding hydrogens is 328 g/mol. The first kappa shape index (κ1) is 18.9. The molecule has 1 amide bonds. The summed E-state index contributed by atoms with van der Waals surface area (Å²) in [4.78, 5) is 13.7. The minimum Gasteiger partial charge on any atom is -0.490 e. The van der Waals surface area contributed by atoms with Gasteiger partial charge in [-0.2, -0.15) is 0 Å². The van der Waals surface area contributed by atoms with Crippen LogP contribution >= 0.6 is 12.4 Å². The number of amides is 1. The first-order chi connectivity index (χ1) is 10.9. The molecule has 1 aliphatic heterocycles. The Kier molecular flexibility index (Phi) is 5.66. The van der Waals surface area contributed by atoms with Crippen LogP contribution in [0.3, 0.4) is 0 Å². The normalized spacial score (nSPS) is 23.6. The van der Waals surface area contributed by atoms with Crippen LogP contribution in [0.25, 0.3) is 0 Å². The third kappa shape index (κ3) is 3.95. The third-order valence-corrected chi connectivity index (χ3v) is 4.95. The van der Waals surface area contributed by atoms with Crippen LogP contribution in [0, 0.1) is 5.41 Å². The lowest BCUT2D eigenvalue weighted by Crippen LogP contribution is -2.43. The van der Waals surface area contributed by atoms with Gasteiger partial charge in [0.1, 0.15) is 24.1 Å². The standard InChI is InChI=1S/C18H26N2O3.ClH/c1-18(2)8-6-12(7-9-18)23-13-4-5-16-15(10-13)20(3)17(21)14(19)11-22-16;/h4-5,10,12,14H,6-9,11,19H2,1-3H3;1H/t14-;/m0./s1. The van der Waals surface area contributed by atoms with Crippen molar-refractivity contribution >= 4 is 24.0 Å². The average molecular weight is 355 g/mol. The maximum absolute atomic E-state index is 12.2. The van der Waals surface area contributed by atoms with Gasteiger partial charge in [-0.05, 0) is 43.2 Å². The van der Waals surface area contributed by atoms with E-state index in [0.29, 0.717) is 11.2 Å². The van der Waals surface area contributed by atoms with E-state index < -0.39 is 6.04 Å². The van der Waals surface area contributed by atoms with E-state index in [1.807, 2.05) is 18.2 Å². The largest absolute Gasteiger partial charge is 0.490 e. The Morgan fingerprint density at radius 2 is 1.96 bits per heavy atom. The van der Waals surface area contributed by atoms with Gasteiger partial charge in [-0.25, -0.2) is 0 Å². The molecule has 0 radical (unpaired) electrons. The van der Waals surface area contributed by atoms with E-state index in [1.165, 1.54) is 12.8 Å². The van der Waals surface area contributed by atoms with Crippen LogP contribution < -0.4 is 20.1 Å².